The third-order valence-corrected chi connectivity index (χ3v) is 0.698. The number of nitrogens with two attached hydrogens (primary N) is 1. The molecule has 0 atom stereocenters. The maximum Gasteiger partial charge on any atom is 0.307 e. The zero-order valence-electron chi connectivity index (χ0n) is 5.52. The predicted molar refractivity (Wildman–Crippen MR) is 33.7 cm³/mol. The molecule has 0 aromatic heterocycles. The molecule has 4 heteroatoms. The van der Waals surface area contributed by atoms with E-state index in [1.165, 1.54) is 0 Å². The standard InChI is InChI=1S/C5H11NO2.H2O/c1-2-3-5(7)8-4-6;/h2-4,6H2,1H3;1H2. The van der Waals surface area contributed by atoms with Crippen LogP contribution in [0.4, 0.5) is 0 Å². The fraction of sp³-hybridized carbons (Fsp3) is 0.800. The van der Waals surface area contributed by atoms with E-state index in [4.69, 9.17) is 5.73 Å². The van der Waals surface area contributed by atoms with Crippen LogP contribution in [-0.2, 0) is 9.53 Å². The van der Waals surface area contributed by atoms with Gasteiger partial charge in [0, 0.05) is 6.42 Å². The number of hydrogen-bond donors (Lipinski definition) is 1. The van der Waals surface area contributed by atoms with Crippen molar-refractivity contribution < 1.29 is 15.0 Å². The van der Waals surface area contributed by atoms with Crippen molar-refractivity contribution in [1.82, 2.24) is 0 Å². The highest BCUT2D eigenvalue weighted by Crippen LogP contribution is 1.87. The molecule has 0 rings (SSSR count). The van der Waals surface area contributed by atoms with Gasteiger partial charge in [-0.15, -0.1) is 0 Å². The Hall–Kier alpha value is -0.610. The van der Waals surface area contributed by atoms with Crippen LogP contribution in [0.15, 0.2) is 0 Å². The first-order chi connectivity index (χ1) is 3.81. The lowest BCUT2D eigenvalue weighted by atomic mass is 10.3. The van der Waals surface area contributed by atoms with Gasteiger partial charge >= 0.3 is 5.97 Å². The van der Waals surface area contributed by atoms with Crippen LogP contribution in [0.2, 0.25) is 0 Å². The van der Waals surface area contributed by atoms with Crippen molar-refractivity contribution in [1.29, 1.82) is 0 Å². The zero-order valence-corrected chi connectivity index (χ0v) is 5.52. The van der Waals surface area contributed by atoms with Gasteiger partial charge < -0.3 is 10.2 Å². The molecule has 0 unspecified atom stereocenters. The van der Waals surface area contributed by atoms with E-state index in [1.54, 1.807) is 0 Å². The molecule has 0 aromatic carbocycles. The Morgan fingerprint density at radius 1 is 1.67 bits per heavy atom. The minimum atomic E-state index is -0.213. The minimum Gasteiger partial charge on any atom is -0.450 e. The molecule has 4 nitrogen and oxygen atoms in total. The summed E-state index contributed by atoms with van der Waals surface area (Å²) in [6.45, 7) is 1.91. The minimum absolute atomic E-state index is 0. The van der Waals surface area contributed by atoms with Gasteiger partial charge in [-0.25, -0.2) is 0 Å². The van der Waals surface area contributed by atoms with Gasteiger partial charge in [0.1, 0.15) is 6.73 Å². The molecule has 56 valence electrons. The number of hydrogen-bond acceptors (Lipinski definition) is 3. The summed E-state index contributed by atoms with van der Waals surface area (Å²) in [5.41, 5.74) is 4.92. The van der Waals surface area contributed by atoms with Crippen molar-refractivity contribution in [2.24, 2.45) is 5.73 Å². The average molecular weight is 135 g/mol. The topological polar surface area (TPSA) is 83.8 Å². The van der Waals surface area contributed by atoms with Gasteiger partial charge in [0.2, 0.25) is 0 Å². The molecule has 0 amide bonds. The van der Waals surface area contributed by atoms with Crippen LogP contribution in [0.3, 0.4) is 0 Å². The molecule has 9 heavy (non-hydrogen) atoms. The zero-order chi connectivity index (χ0) is 6.41. The Morgan fingerprint density at radius 3 is 2.56 bits per heavy atom. The van der Waals surface area contributed by atoms with E-state index in [-0.39, 0.29) is 18.2 Å². The molecule has 0 aliphatic rings. The first-order valence-corrected chi connectivity index (χ1v) is 2.67. The second kappa shape index (κ2) is 7.39. The average Bonchev–Trinajstić information content (AvgIpc) is 1.68. The van der Waals surface area contributed by atoms with Crippen LogP contribution < -0.4 is 5.73 Å². The molecular weight excluding hydrogens is 122 g/mol. The highest BCUT2D eigenvalue weighted by molar-refractivity contribution is 5.69. The number of ether oxygens (including phenoxy) is 1. The molecule has 0 bridgehead atoms. The molecule has 0 aliphatic carbocycles. The van der Waals surface area contributed by atoms with E-state index in [2.05, 4.69) is 4.74 Å². The van der Waals surface area contributed by atoms with E-state index < -0.39 is 0 Å². The summed E-state index contributed by atoms with van der Waals surface area (Å²) in [5, 5.41) is 0. The van der Waals surface area contributed by atoms with Gasteiger partial charge in [0.15, 0.2) is 0 Å². The van der Waals surface area contributed by atoms with Crippen molar-refractivity contribution in [2.75, 3.05) is 6.73 Å². The quantitative estimate of drug-likeness (QED) is 0.415. The fourth-order valence-corrected chi connectivity index (χ4v) is 0.369. The fourth-order valence-electron chi connectivity index (χ4n) is 0.369. The van der Waals surface area contributed by atoms with E-state index in [9.17, 15) is 4.79 Å². The summed E-state index contributed by atoms with van der Waals surface area (Å²) in [4.78, 5) is 10.3. The Labute approximate surface area is 54.3 Å². The Kier molecular flexibility index (Phi) is 9.21. The van der Waals surface area contributed by atoms with Crippen molar-refractivity contribution in [3.63, 3.8) is 0 Å². The van der Waals surface area contributed by atoms with Gasteiger partial charge in [0.25, 0.3) is 0 Å². The predicted octanol–water partition coefficient (Wildman–Crippen LogP) is -0.579. The highest BCUT2D eigenvalue weighted by Gasteiger charge is 1.95. The SMILES string of the molecule is CCCC(=O)OCN.O. The van der Waals surface area contributed by atoms with Gasteiger partial charge in [0.05, 0.1) is 0 Å². The molecular formula is C5H13NO3. The first-order valence-electron chi connectivity index (χ1n) is 2.67. The lowest BCUT2D eigenvalue weighted by Gasteiger charge is -1.96. The van der Waals surface area contributed by atoms with E-state index in [1.807, 2.05) is 6.92 Å². The third-order valence-electron chi connectivity index (χ3n) is 0.698. The summed E-state index contributed by atoms with van der Waals surface area (Å²) in [6.07, 6.45) is 1.29. The van der Waals surface area contributed by atoms with Crippen molar-refractivity contribution >= 4 is 5.97 Å². The number of esters is 1. The van der Waals surface area contributed by atoms with Crippen molar-refractivity contribution in [2.45, 2.75) is 19.8 Å². The third kappa shape index (κ3) is 7.39. The van der Waals surface area contributed by atoms with Crippen LogP contribution in [0.25, 0.3) is 0 Å². The smallest absolute Gasteiger partial charge is 0.307 e. The second-order valence-corrected chi connectivity index (χ2v) is 1.43. The molecule has 0 saturated heterocycles. The van der Waals surface area contributed by atoms with Gasteiger partial charge in [-0.2, -0.15) is 0 Å². The van der Waals surface area contributed by atoms with Gasteiger partial charge in [-0.1, -0.05) is 6.92 Å². The summed E-state index contributed by atoms with van der Waals surface area (Å²) < 4.78 is 4.42. The van der Waals surface area contributed by atoms with E-state index in [0.717, 1.165) is 6.42 Å². The number of rotatable bonds is 3. The summed E-state index contributed by atoms with van der Waals surface area (Å²) in [6, 6.07) is 0. The van der Waals surface area contributed by atoms with E-state index >= 15 is 0 Å². The van der Waals surface area contributed by atoms with Crippen LogP contribution in [0.5, 0.6) is 0 Å². The molecule has 0 spiro atoms. The number of carbonyl (C=O) groups is 1. The van der Waals surface area contributed by atoms with Gasteiger partial charge in [-0.3, -0.25) is 10.5 Å². The molecule has 0 heterocycles. The van der Waals surface area contributed by atoms with Crippen LogP contribution >= 0.6 is 0 Å². The second-order valence-electron chi connectivity index (χ2n) is 1.43. The van der Waals surface area contributed by atoms with Crippen molar-refractivity contribution in [3.8, 4) is 0 Å². The van der Waals surface area contributed by atoms with Crippen LogP contribution in [0.1, 0.15) is 19.8 Å². The van der Waals surface area contributed by atoms with Crippen molar-refractivity contribution in [3.05, 3.63) is 0 Å². The summed E-state index contributed by atoms with van der Waals surface area (Å²) in [5.74, 6) is -0.213. The molecule has 4 N–H and O–H groups in total. The lowest BCUT2D eigenvalue weighted by molar-refractivity contribution is -0.143. The molecule has 0 aromatic rings. The Morgan fingerprint density at radius 2 is 2.22 bits per heavy atom. The lowest BCUT2D eigenvalue weighted by Crippen LogP contribution is -2.10. The Bertz CT molecular complexity index is 66.6. The van der Waals surface area contributed by atoms with E-state index in [0.29, 0.717) is 6.42 Å². The normalized spacial score (nSPS) is 7.78. The molecule has 0 aliphatic heterocycles. The van der Waals surface area contributed by atoms with Crippen LogP contribution in [-0.4, -0.2) is 18.2 Å². The largest absolute Gasteiger partial charge is 0.450 e. The molecule has 0 fully saturated rings. The summed E-state index contributed by atoms with van der Waals surface area (Å²) >= 11 is 0. The van der Waals surface area contributed by atoms with Gasteiger partial charge in [-0.05, 0) is 6.42 Å². The summed E-state index contributed by atoms with van der Waals surface area (Å²) in [7, 11) is 0. The number of carbonyl (C=O) groups excluding carboxylic acids is 1. The highest BCUT2D eigenvalue weighted by atomic mass is 16.5. The molecule has 0 saturated carbocycles. The van der Waals surface area contributed by atoms with Crippen LogP contribution in [0, 0.1) is 0 Å². The first kappa shape index (κ1) is 11.2. The maximum atomic E-state index is 10.3. The Balaban J connectivity index is 0. The molecule has 0 radical (unpaired) electrons. The monoisotopic (exact) mass is 135 g/mol. The maximum absolute atomic E-state index is 10.3.